The van der Waals surface area contributed by atoms with Crippen LogP contribution in [0.4, 0.5) is 0 Å². The molecule has 0 saturated heterocycles. The molecular formula is C15H17PSSi. The normalized spacial score (nSPS) is 13.2. The van der Waals surface area contributed by atoms with E-state index in [0.29, 0.717) is 0 Å². The van der Waals surface area contributed by atoms with Gasteiger partial charge in [-0.15, -0.1) is 0 Å². The maximum absolute atomic E-state index is 2.48. The van der Waals surface area contributed by atoms with Gasteiger partial charge in [-0.2, -0.15) is 11.3 Å². The van der Waals surface area contributed by atoms with Gasteiger partial charge in [0.15, 0.2) is 0 Å². The first-order chi connectivity index (χ1) is 8.57. The van der Waals surface area contributed by atoms with E-state index in [2.05, 4.69) is 66.8 Å². The number of benzene rings is 1. The Kier molecular flexibility index (Phi) is 2.97. The third-order valence-electron chi connectivity index (χ3n) is 3.23. The molecule has 18 heavy (non-hydrogen) atoms. The average molecular weight is 288 g/mol. The molecule has 2 aromatic heterocycles. The van der Waals surface area contributed by atoms with Crippen molar-refractivity contribution in [2.24, 2.45) is 0 Å². The van der Waals surface area contributed by atoms with E-state index in [4.69, 9.17) is 0 Å². The van der Waals surface area contributed by atoms with Gasteiger partial charge in [-0.05, 0) is 27.1 Å². The Bertz CT molecular complexity index is 673. The van der Waals surface area contributed by atoms with Gasteiger partial charge < -0.3 is 0 Å². The highest BCUT2D eigenvalue weighted by Crippen LogP contribution is 2.47. The highest BCUT2D eigenvalue weighted by molar-refractivity contribution is 7.69. The van der Waals surface area contributed by atoms with Crippen molar-refractivity contribution in [3.8, 4) is 5.30 Å². The SMILES string of the molecule is C[Si](C)(C)c1cc2cscc2p1-c1ccccc1. The lowest BCUT2D eigenvalue weighted by molar-refractivity contribution is 1.76. The van der Waals surface area contributed by atoms with E-state index >= 15 is 0 Å². The second kappa shape index (κ2) is 4.38. The molecule has 0 fully saturated rings. The molecule has 0 bridgehead atoms. The number of hydrogen-bond acceptors (Lipinski definition) is 1. The van der Waals surface area contributed by atoms with Gasteiger partial charge >= 0.3 is 0 Å². The molecule has 92 valence electrons. The van der Waals surface area contributed by atoms with Crippen LogP contribution in [0.3, 0.4) is 0 Å². The standard InChI is InChI=1S/C15H17PSSi/c1-18(2,3)15-9-12-10-17-11-14(12)16(15)13-7-5-4-6-8-13/h4-11H,1-3H3. The zero-order chi connectivity index (χ0) is 12.8. The number of rotatable bonds is 2. The Morgan fingerprint density at radius 2 is 1.72 bits per heavy atom. The van der Waals surface area contributed by atoms with E-state index in [-0.39, 0.29) is 7.53 Å². The molecule has 0 amide bonds. The topological polar surface area (TPSA) is 0 Å². The molecule has 3 aromatic rings. The summed E-state index contributed by atoms with van der Waals surface area (Å²) in [6, 6.07) is 13.5. The van der Waals surface area contributed by atoms with E-state index in [1.165, 1.54) is 10.7 Å². The Morgan fingerprint density at radius 1 is 1.00 bits per heavy atom. The molecule has 0 aliphatic carbocycles. The van der Waals surface area contributed by atoms with Crippen LogP contribution in [-0.4, -0.2) is 8.07 Å². The number of fused-ring (bicyclic) bond motifs is 1. The lowest BCUT2D eigenvalue weighted by atomic mass is 10.4. The minimum absolute atomic E-state index is 0.237. The average Bonchev–Trinajstić information content (AvgIpc) is 2.88. The molecule has 0 spiro atoms. The van der Waals surface area contributed by atoms with Crippen molar-refractivity contribution < 1.29 is 0 Å². The molecule has 0 aliphatic heterocycles. The maximum Gasteiger partial charge on any atom is 0.0831 e. The smallest absolute Gasteiger partial charge is 0.0831 e. The van der Waals surface area contributed by atoms with E-state index in [1.807, 2.05) is 11.3 Å². The van der Waals surface area contributed by atoms with Gasteiger partial charge in [0, 0.05) is 10.5 Å². The highest BCUT2D eigenvalue weighted by Gasteiger charge is 2.24. The Labute approximate surface area is 114 Å². The molecule has 0 N–H and O–H groups in total. The van der Waals surface area contributed by atoms with Crippen LogP contribution < -0.4 is 4.92 Å². The minimum Gasteiger partial charge on any atom is -0.151 e. The lowest BCUT2D eigenvalue weighted by Crippen LogP contribution is -2.35. The summed E-state index contributed by atoms with van der Waals surface area (Å²) in [6.07, 6.45) is 0. The van der Waals surface area contributed by atoms with Gasteiger partial charge in [-0.1, -0.05) is 57.5 Å². The first-order valence-electron chi connectivity index (χ1n) is 6.21. The molecule has 0 saturated carbocycles. The Hall–Kier alpha value is -0.823. The van der Waals surface area contributed by atoms with Crippen molar-refractivity contribution in [3.05, 3.63) is 47.2 Å². The maximum atomic E-state index is 2.48. The van der Waals surface area contributed by atoms with E-state index in [0.717, 1.165) is 0 Å². The van der Waals surface area contributed by atoms with Crippen LogP contribution in [0, 0.1) is 0 Å². The minimum atomic E-state index is -1.24. The molecule has 0 nitrogen and oxygen atoms in total. The summed E-state index contributed by atoms with van der Waals surface area (Å²) in [5.74, 6) is 0. The van der Waals surface area contributed by atoms with Crippen molar-refractivity contribution in [2.45, 2.75) is 19.6 Å². The van der Waals surface area contributed by atoms with E-state index in [1.54, 1.807) is 10.0 Å². The molecule has 1 aromatic carbocycles. The van der Waals surface area contributed by atoms with E-state index in [9.17, 15) is 0 Å². The monoisotopic (exact) mass is 288 g/mol. The second-order valence-electron chi connectivity index (χ2n) is 5.66. The summed E-state index contributed by atoms with van der Waals surface area (Å²) in [5.41, 5.74) is 0. The number of thiophene rings is 1. The largest absolute Gasteiger partial charge is 0.151 e. The van der Waals surface area contributed by atoms with Gasteiger partial charge in [0.25, 0.3) is 0 Å². The van der Waals surface area contributed by atoms with Gasteiger partial charge in [0.05, 0.1) is 8.07 Å². The zero-order valence-corrected chi connectivity index (χ0v) is 13.7. The van der Waals surface area contributed by atoms with Crippen LogP contribution in [0.5, 0.6) is 0 Å². The Morgan fingerprint density at radius 3 is 2.39 bits per heavy atom. The predicted molar refractivity (Wildman–Crippen MR) is 88.9 cm³/mol. The van der Waals surface area contributed by atoms with Crippen molar-refractivity contribution >= 4 is 42.4 Å². The highest BCUT2D eigenvalue weighted by atomic mass is 32.1. The van der Waals surface area contributed by atoms with Crippen molar-refractivity contribution in [1.82, 2.24) is 0 Å². The predicted octanol–water partition coefficient (Wildman–Crippen LogP) is 5.42. The lowest BCUT2D eigenvalue weighted by Gasteiger charge is -2.18. The summed E-state index contributed by atoms with van der Waals surface area (Å²) < 4.78 is 0. The third kappa shape index (κ3) is 1.99. The van der Waals surface area contributed by atoms with Crippen LogP contribution in [0.15, 0.2) is 47.2 Å². The van der Waals surface area contributed by atoms with Crippen LogP contribution in [-0.2, 0) is 0 Å². The van der Waals surface area contributed by atoms with Gasteiger partial charge in [0.1, 0.15) is 0 Å². The Balaban J connectivity index is 2.34. The summed E-state index contributed by atoms with van der Waals surface area (Å²) >= 11 is 1.84. The molecule has 0 radical (unpaired) electrons. The summed E-state index contributed by atoms with van der Waals surface area (Å²) in [7, 11) is -1.47. The van der Waals surface area contributed by atoms with Gasteiger partial charge in [-0.25, -0.2) is 0 Å². The van der Waals surface area contributed by atoms with Crippen LogP contribution >= 0.6 is 18.9 Å². The summed E-state index contributed by atoms with van der Waals surface area (Å²) in [4.78, 5) is 1.74. The van der Waals surface area contributed by atoms with Gasteiger partial charge in [-0.3, -0.25) is 0 Å². The van der Waals surface area contributed by atoms with Crippen LogP contribution in [0.1, 0.15) is 0 Å². The molecule has 3 heteroatoms. The molecular weight excluding hydrogens is 271 g/mol. The molecule has 3 rings (SSSR count). The quantitative estimate of drug-likeness (QED) is 0.552. The summed E-state index contributed by atoms with van der Waals surface area (Å²) in [5, 5.41) is 9.24. The first-order valence-corrected chi connectivity index (χ1v) is 12.0. The second-order valence-corrected chi connectivity index (χ2v) is 14.0. The van der Waals surface area contributed by atoms with Crippen molar-refractivity contribution in [2.75, 3.05) is 0 Å². The fourth-order valence-corrected chi connectivity index (χ4v) is 9.67. The van der Waals surface area contributed by atoms with Crippen LogP contribution in [0.2, 0.25) is 19.6 Å². The molecule has 1 unspecified atom stereocenters. The third-order valence-corrected chi connectivity index (χ3v) is 10.8. The number of hydrogen-bond donors (Lipinski definition) is 0. The fraction of sp³-hybridized carbons (Fsp3) is 0.200. The van der Waals surface area contributed by atoms with Gasteiger partial charge in [0.2, 0.25) is 0 Å². The zero-order valence-electron chi connectivity index (χ0n) is 11.0. The van der Waals surface area contributed by atoms with Crippen LogP contribution in [0.25, 0.3) is 15.8 Å². The fourth-order valence-electron chi connectivity index (χ4n) is 2.34. The van der Waals surface area contributed by atoms with Crippen molar-refractivity contribution in [3.63, 3.8) is 0 Å². The summed E-state index contributed by atoms with van der Waals surface area (Å²) in [6.45, 7) is 7.39. The molecule has 0 aliphatic rings. The molecule has 2 heterocycles. The first kappa shape index (κ1) is 12.2. The molecule has 1 atom stereocenters. The van der Waals surface area contributed by atoms with Crippen molar-refractivity contribution in [1.29, 1.82) is 0 Å². The van der Waals surface area contributed by atoms with E-state index < -0.39 is 8.07 Å².